The number of halogens is 1. The molecule has 0 saturated carbocycles. The van der Waals surface area contributed by atoms with Gasteiger partial charge in [0.2, 0.25) is 5.91 Å². The number of amides is 1. The van der Waals surface area contributed by atoms with E-state index in [1.807, 2.05) is 13.8 Å². The van der Waals surface area contributed by atoms with E-state index in [0.717, 1.165) is 0 Å². The normalized spacial score (nSPS) is 12.5. The summed E-state index contributed by atoms with van der Waals surface area (Å²) in [7, 11) is 0. The van der Waals surface area contributed by atoms with E-state index in [2.05, 4.69) is 5.32 Å². The zero-order chi connectivity index (χ0) is 14.4. The number of Topliss-reactive ketones (excluding diaryl/α,β-unsaturated/α-hetero) is 1. The molecule has 0 bridgehead atoms. The predicted octanol–water partition coefficient (Wildman–Crippen LogP) is 2.50. The fourth-order valence-corrected chi connectivity index (χ4v) is 2.37. The lowest BCUT2D eigenvalue weighted by atomic mass is 10.1. The zero-order valence-electron chi connectivity index (χ0n) is 11.0. The Morgan fingerprint density at radius 2 is 2.05 bits per heavy atom. The summed E-state index contributed by atoms with van der Waals surface area (Å²) in [5.41, 5.74) is 0. The van der Waals surface area contributed by atoms with Gasteiger partial charge in [-0.05, 0) is 18.1 Å². The molecular weight excluding hydrogens is 286 g/mol. The minimum Gasteiger partial charge on any atom is -0.391 e. The molecule has 0 fully saturated rings. The predicted molar refractivity (Wildman–Crippen MR) is 76.7 cm³/mol. The van der Waals surface area contributed by atoms with Gasteiger partial charge in [0.1, 0.15) is 0 Å². The molecule has 0 saturated heterocycles. The van der Waals surface area contributed by atoms with Gasteiger partial charge in [-0.15, -0.1) is 11.3 Å². The number of hydrogen-bond donors (Lipinski definition) is 2. The molecule has 1 unspecified atom stereocenters. The maximum absolute atomic E-state index is 11.7. The van der Waals surface area contributed by atoms with Crippen molar-refractivity contribution < 1.29 is 14.7 Å². The first kappa shape index (κ1) is 16.1. The number of carbonyl (C=O) groups is 2. The van der Waals surface area contributed by atoms with E-state index in [-0.39, 0.29) is 37.0 Å². The SMILES string of the molecule is CC(C)C(O)CNC(=O)CCC(=O)c1ccc(Cl)s1. The molecule has 0 radical (unpaired) electrons. The number of aliphatic hydroxyl groups excluding tert-OH is 1. The van der Waals surface area contributed by atoms with Crippen molar-refractivity contribution in [3.05, 3.63) is 21.3 Å². The summed E-state index contributed by atoms with van der Waals surface area (Å²) in [5.74, 6) is -0.220. The average molecular weight is 304 g/mol. The summed E-state index contributed by atoms with van der Waals surface area (Å²) in [6, 6.07) is 3.33. The van der Waals surface area contributed by atoms with Crippen LogP contribution >= 0.6 is 22.9 Å². The van der Waals surface area contributed by atoms with Gasteiger partial charge in [-0.2, -0.15) is 0 Å². The van der Waals surface area contributed by atoms with Crippen molar-refractivity contribution in [1.82, 2.24) is 5.32 Å². The molecular formula is C13H18ClNO3S. The topological polar surface area (TPSA) is 66.4 Å². The Balaban J connectivity index is 2.29. The monoisotopic (exact) mass is 303 g/mol. The number of ketones is 1. The van der Waals surface area contributed by atoms with Gasteiger partial charge in [-0.3, -0.25) is 9.59 Å². The molecule has 0 spiro atoms. The lowest BCUT2D eigenvalue weighted by Gasteiger charge is -2.14. The van der Waals surface area contributed by atoms with E-state index < -0.39 is 6.10 Å². The molecule has 1 aromatic rings. The number of hydrogen-bond acceptors (Lipinski definition) is 4. The first-order valence-electron chi connectivity index (χ1n) is 6.13. The Hall–Kier alpha value is -0.910. The Bertz CT molecular complexity index is 445. The summed E-state index contributed by atoms with van der Waals surface area (Å²) in [4.78, 5) is 23.8. The molecule has 1 heterocycles. The van der Waals surface area contributed by atoms with Crippen molar-refractivity contribution in [3.63, 3.8) is 0 Å². The summed E-state index contributed by atoms with van der Waals surface area (Å²) >= 11 is 6.95. The van der Waals surface area contributed by atoms with Crippen LogP contribution in [-0.4, -0.2) is 29.4 Å². The smallest absolute Gasteiger partial charge is 0.220 e. The van der Waals surface area contributed by atoms with E-state index in [4.69, 9.17) is 11.6 Å². The molecule has 1 amide bonds. The molecule has 106 valence electrons. The second-order valence-electron chi connectivity index (χ2n) is 4.64. The van der Waals surface area contributed by atoms with Gasteiger partial charge in [0.25, 0.3) is 0 Å². The van der Waals surface area contributed by atoms with Gasteiger partial charge < -0.3 is 10.4 Å². The van der Waals surface area contributed by atoms with Gasteiger partial charge >= 0.3 is 0 Å². The van der Waals surface area contributed by atoms with Gasteiger partial charge in [0, 0.05) is 19.4 Å². The molecule has 19 heavy (non-hydrogen) atoms. The maximum Gasteiger partial charge on any atom is 0.220 e. The first-order chi connectivity index (χ1) is 8.90. The highest BCUT2D eigenvalue weighted by atomic mass is 35.5. The van der Waals surface area contributed by atoms with Crippen LogP contribution in [0.5, 0.6) is 0 Å². The van der Waals surface area contributed by atoms with Crippen molar-refractivity contribution in [2.45, 2.75) is 32.8 Å². The van der Waals surface area contributed by atoms with Crippen molar-refractivity contribution in [2.75, 3.05) is 6.54 Å². The van der Waals surface area contributed by atoms with Crippen LogP contribution in [0.1, 0.15) is 36.4 Å². The van der Waals surface area contributed by atoms with Crippen LogP contribution in [-0.2, 0) is 4.79 Å². The number of rotatable bonds is 7. The van der Waals surface area contributed by atoms with Crippen LogP contribution in [0.15, 0.2) is 12.1 Å². The molecule has 1 atom stereocenters. The molecule has 0 aliphatic rings. The van der Waals surface area contributed by atoms with Crippen LogP contribution in [0.4, 0.5) is 0 Å². The third-order valence-corrected chi connectivity index (χ3v) is 3.98. The van der Waals surface area contributed by atoms with E-state index in [1.165, 1.54) is 11.3 Å². The van der Waals surface area contributed by atoms with Crippen LogP contribution in [0.3, 0.4) is 0 Å². The minimum absolute atomic E-state index is 0.0866. The van der Waals surface area contributed by atoms with E-state index in [9.17, 15) is 14.7 Å². The second kappa shape index (κ2) is 7.62. The molecule has 0 aliphatic carbocycles. The number of thiophene rings is 1. The molecule has 2 N–H and O–H groups in total. The fraction of sp³-hybridized carbons (Fsp3) is 0.538. The van der Waals surface area contributed by atoms with Gasteiger partial charge in [0.15, 0.2) is 5.78 Å². The van der Waals surface area contributed by atoms with Crippen LogP contribution < -0.4 is 5.32 Å². The highest BCUT2D eigenvalue weighted by Crippen LogP contribution is 2.22. The van der Waals surface area contributed by atoms with E-state index in [0.29, 0.717) is 9.21 Å². The van der Waals surface area contributed by atoms with Crippen LogP contribution in [0.2, 0.25) is 4.34 Å². The first-order valence-corrected chi connectivity index (χ1v) is 7.33. The molecule has 0 aromatic carbocycles. The Kier molecular flexibility index (Phi) is 6.48. The zero-order valence-corrected chi connectivity index (χ0v) is 12.6. The molecule has 1 aromatic heterocycles. The third-order valence-electron chi connectivity index (χ3n) is 2.71. The standard InChI is InChI=1S/C13H18ClNO3S/c1-8(2)10(17)7-15-13(18)6-3-9(16)11-4-5-12(14)19-11/h4-5,8,10,17H,3,6-7H2,1-2H3,(H,15,18). The van der Waals surface area contributed by atoms with Crippen molar-refractivity contribution in [3.8, 4) is 0 Å². The number of aliphatic hydroxyl groups is 1. The molecule has 1 rings (SSSR count). The summed E-state index contributed by atoms with van der Waals surface area (Å²) in [5, 5.41) is 12.2. The van der Waals surface area contributed by atoms with Gasteiger partial charge in [-0.1, -0.05) is 25.4 Å². The van der Waals surface area contributed by atoms with Crippen molar-refractivity contribution in [1.29, 1.82) is 0 Å². The summed E-state index contributed by atoms with van der Waals surface area (Å²) in [6.07, 6.45) is -0.282. The van der Waals surface area contributed by atoms with E-state index >= 15 is 0 Å². The summed E-state index contributed by atoms with van der Waals surface area (Å²) in [6.45, 7) is 3.97. The Morgan fingerprint density at radius 3 is 2.58 bits per heavy atom. The highest BCUT2D eigenvalue weighted by Gasteiger charge is 2.13. The fourth-order valence-electron chi connectivity index (χ4n) is 1.36. The number of carbonyl (C=O) groups excluding carboxylic acids is 2. The Morgan fingerprint density at radius 1 is 1.37 bits per heavy atom. The molecule has 0 aliphatic heterocycles. The molecule has 6 heteroatoms. The second-order valence-corrected chi connectivity index (χ2v) is 6.36. The third kappa shape index (κ3) is 5.72. The van der Waals surface area contributed by atoms with Gasteiger partial charge in [0.05, 0.1) is 15.3 Å². The Labute approximate surface area is 121 Å². The summed E-state index contributed by atoms with van der Waals surface area (Å²) < 4.78 is 0.563. The average Bonchev–Trinajstić information content (AvgIpc) is 2.79. The van der Waals surface area contributed by atoms with Crippen LogP contribution in [0, 0.1) is 5.92 Å². The lowest BCUT2D eigenvalue weighted by Crippen LogP contribution is -2.34. The van der Waals surface area contributed by atoms with Crippen LogP contribution in [0.25, 0.3) is 0 Å². The molecule has 4 nitrogen and oxygen atoms in total. The highest BCUT2D eigenvalue weighted by molar-refractivity contribution is 7.18. The quantitative estimate of drug-likeness (QED) is 0.761. The largest absolute Gasteiger partial charge is 0.391 e. The van der Waals surface area contributed by atoms with E-state index in [1.54, 1.807) is 12.1 Å². The minimum atomic E-state index is -0.559. The maximum atomic E-state index is 11.7. The van der Waals surface area contributed by atoms with Crippen molar-refractivity contribution >= 4 is 34.6 Å². The van der Waals surface area contributed by atoms with Crippen molar-refractivity contribution in [2.24, 2.45) is 5.92 Å². The van der Waals surface area contributed by atoms with Gasteiger partial charge in [-0.25, -0.2) is 0 Å². The number of nitrogens with one attached hydrogen (secondary N) is 1. The lowest BCUT2D eigenvalue weighted by molar-refractivity contribution is -0.121.